The van der Waals surface area contributed by atoms with E-state index < -0.39 is 23.8 Å². The Kier molecular flexibility index (Phi) is 33.8. The molecule has 0 aliphatic carbocycles. The first kappa shape index (κ1) is 93.1. The molecule has 129 heavy (non-hydrogen) atoms. The van der Waals surface area contributed by atoms with E-state index in [0.29, 0.717) is 95.1 Å². The number of amides is 6. The second-order valence-electron chi connectivity index (χ2n) is 29.6. The topological polar surface area (TPSA) is 306 Å². The minimum Gasteiger partial charge on any atom is -0.394 e. The van der Waals surface area contributed by atoms with E-state index in [1.165, 1.54) is 30.3 Å². The van der Waals surface area contributed by atoms with Crippen LogP contribution >= 0.6 is 69.6 Å². The van der Waals surface area contributed by atoms with Crippen molar-refractivity contribution in [2.24, 2.45) is 0 Å². The number of hydrogen-bond acceptors (Lipinski definition) is 18. The molecule has 0 saturated carbocycles. The lowest BCUT2D eigenvalue weighted by atomic mass is 10.1. The average Bonchev–Trinajstić information content (AvgIpc) is 0.867. The molecule has 16 rings (SSSR count). The molecule has 0 spiro atoms. The summed E-state index contributed by atoms with van der Waals surface area (Å²) in [6, 6.07) is 78.0. The molecule has 654 valence electrons. The zero-order valence-electron chi connectivity index (χ0n) is 69.8. The van der Waals surface area contributed by atoms with Gasteiger partial charge in [-0.25, -0.2) is 9.97 Å². The molecule has 8 heterocycles. The molecule has 6 aromatic heterocycles. The third-order valence-corrected chi connectivity index (χ3v) is 22.5. The van der Waals surface area contributed by atoms with Gasteiger partial charge in [-0.15, -0.1) is 0 Å². The first-order valence-corrected chi connectivity index (χ1v) is 43.6. The smallest absolute Gasteiger partial charge is 0.257 e. The molecule has 2 fully saturated rings. The second kappa shape index (κ2) is 46.8. The van der Waals surface area contributed by atoms with Crippen LogP contribution in [0.5, 0.6) is 0 Å². The lowest BCUT2D eigenvalue weighted by Crippen LogP contribution is -2.30. The number of aliphatic hydroxyl groups is 1. The fourth-order valence-corrected chi connectivity index (χ4v) is 15.1. The summed E-state index contributed by atoms with van der Waals surface area (Å²) in [4.78, 5) is 109. The van der Waals surface area contributed by atoms with Crippen molar-refractivity contribution in [3.8, 4) is 45.0 Å². The Hall–Kier alpha value is -13.5. The van der Waals surface area contributed by atoms with E-state index in [0.717, 1.165) is 111 Å². The van der Waals surface area contributed by atoms with Gasteiger partial charge in [-0.1, -0.05) is 142 Å². The van der Waals surface area contributed by atoms with Crippen LogP contribution in [0.4, 0.5) is 40.1 Å². The molecule has 24 nitrogen and oxygen atoms in total. The molecule has 1 atom stereocenters. The number of nitrogens with zero attached hydrogens (tertiary/aromatic N) is 9. The summed E-state index contributed by atoms with van der Waals surface area (Å²) in [5, 5.41) is 35.9. The maximum absolute atomic E-state index is 12.9. The van der Waals surface area contributed by atoms with E-state index >= 15 is 0 Å². The number of pyridine rings is 6. The van der Waals surface area contributed by atoms with Gasteiger partial charge in [0, 0.05) is 151 Å². The highest BCUT2D eigenvalue weighted by atomic mass is 35.5. The number of carbonyl (C=O) groups is 6. The maximum atomic E-state index is 12.9. The zero-order chi connectivity index (χ0) is 90.4. The Morgan fingerprint density at radius 2 is 0.760 bits per heavy atom. The number of aliphatic hydroxyl groups excluding tert-OH is 1. The van der Waals surface area contributed by atoms with Crippen molar-refractivity contribution in [2.75, 3.05) is 115 Å². The van der Waals surface area contributed by atoms with Crippen molar-refractivity contribution in [1.29, 1.82) is 0 Å². The van der Waals surface area contributed by atoms with Gasteiger partial charge >= 0.3 is 0 Å². The Morgan fingerprint density at radius 1 is 0.357 bits per heavy atom. The number of likely N-dealkylation sites (N-methyl/N-ethyl adjacent to an activating group) is 1. The highest BCUT2D eigenvalue weighted by molar-refractivity contribution is 6.37. The third-order valence-electron chi connectivity index (χ3n) is 20.5. The molecule has 2 aliphatic rings. The Morgan fingerprint density at radius 3 is 1.17 bits per heavy atom. The Bertz CT molecular complexity index is 6150. The first-order chi connectivity index (χ1) is 62.8. The summed E-state index contributed by atoms with van der Waals surface area (Å²) in [5.41, 5.74) is 12.1. The van der Waals surface area contributed by atoms with Crippen LogP contribution in [0.25, 0.3) is 45.0 Å². The largest absolute Gasteiger partial charge is 0.394 e. The van der Waals surface area contributed by atoms with Gasteiger partial charge in [-0.05, 0) is 233 Å². The second-order valence-corrected chi connectivity index (χ2v) is 32.0. The van der Waals surface area contributed by atoms with Crippen LogP contribution < -0.4 is 52.3 Å². The lowest BCUT2D eigenvalue weighted by Gasteiger charge is -2.21. The SMILES string of the molecule is CN1CCCN(c2ccc(C(=O)Nc3ccc(Cl)c(-c4ccccn4)c3)cn2)CC1.O=C(NCCNc1ccccc1)c1ccc(C(=O)Nc2ccc(Cl)c(-c3ccccn3)c2)c(Cl)c1.O=C(N[C@H](CO)c1ccccc1)c1ccc(C(=O)Nc2ccc(Cl)c(-c3ccccn3)c2)c(Cl)c1.O=C(Nc1ccc(Cl)c(-c2ccccn2)c1)c1ccc(N2CCCNCC2)nc1. The van der Waals surface area contributed by atoms with Gasteiger partial charge in [0.05, 0.1) is 87.8 Å². The van der Waals surface area contributed by atoms with E-state index in [2.05, 4.69) is 94.2 Å². The number of halogens is 6. The van der Waals surface area contributed by atoms with Gasteiger partial charge in [-0.2, -0.15) is 0 Å². The van der Waals surface area contributed by atoms with Crippen molar-refractivity contribution in [3.05, 3.63) is 373 Å². The van der Waals surface area contributed by atoms with Crippen LogP contribution in [0.1, 0.15) is 86.6 Å². The number of benzene rings is 8. The van der Waals surface area contributed by atoms with Gasteiger partial charge in [0.2, 0.25) is 0 Å². The number of hydrogen-bond donors (Lipinski definition) is 9. The van der Waals surface area contributed by atoms with Crippen molar-refractivity contribution in [3.63, 3.8) is 0 Å². The molecule has 8 aromatic carbocycles. The van der Waals surface area contributed by atoms with Crippen molar-refractivity contribution < 1.29 is 33.9 Å². The van der Waals surface area contributed by atoms with Gasteiger partial charge in [0.25, 0.3) is 35.4 Å². The number of nitrogens with one attached hydrogen (secondary N) is 8. The van der Waals surface area contributed by atoms with Crippen LogP contribution in [0.15, 0.2) is 304 Å². The van der Waals surface area contributed by atoms with Crippen LogP contribution in [0.3, 0.4) is 0 Å². The Labute approximate surface area is 776 Å². The Balaban J connectivity index is 0.000000147. The number of para-hydroxylation sites is 1. The molecule has 6 amide bonds. The summed E-state index contributed by atoms with van der Waals surface area (Å²) in [6.07, 6.45) is 12.2. The quantitative estimate of drug-likeness (QED) is 0.0269. The van der Waals surface area contributed by atoms with Crippen LogP contribution in [-0.2, 0) is 0 Å². The number of rotatable bonds is 23. The number of anilines is 7. The van der Waals surface area contributed by atoms with Gasteiger partial charge in [0.15, 0.2) is 0 Å². The van der Waals surface area contributed by atoms with Crippen molar-refractivity contribution in [2.45, 2.75) is 18.9 Å². The van der Waals surface area contributed by atoms with Crippen LogP contribution in [0.2, 0.25) is 30.1 Å². The van der Waals surface area contributed by atoms with Crippen LogP contribution in [0, 0.1) is 0 Å². The molecule has 2 saturated heterocycles. The van der Waals surface area contributed by atoms with E-state index in [9.17, 15) is 33.9 Å². The molecule has 9 N–H and O–H groups in total. The highest BCUT2D eigenvalue weighted by Gasteiger charge is 2.23. The highest BCUT2D eigenvalue weighted by Crippen LogP contribution is 2.35. The summed E-state index contributed by atoms with van der Waals surface area (Å²) in [6.45, 7) is 8.63. The molecule has 0 unspecified atom stereocenters. The minimum atomic E-state index is -0.566. The van der Waals surface area contributed by atoms with Crippen molar-refractivity contribution in [1.82, 2.24) is 50.8 Å². The molecule has 2 aliphatic heterocycles. The zero-order valence-corrected chi connectivity index (χ0v) is 74.4. The molecular weight excluding hydrogens is 1750 g/mol. The van der Waals surface area contributed by atoms with E-state index in [1.807, 2.05) is 164 Å². The number of aromatic nitrogens is 6. The minimum absolute atomic E-state index is 0.120. The third kappa shape index (κ3) is 26.6. The molecule has 0 bridgehead atoms. The molecule has 0 radical (unpaired) electrons. The van der Waals surface area contributed by atoms with Gasteiger partial charge in [-0.3, -0.25) is 48.7 Å². The van der Waals surface area contributed by atoms with Gasteiger partial charge in [0.1, 0.15) is 11.6 Å². The predicted octanol–water partition coefficient (Wildman–Crippen LogP) is 20.0. The molecular formula is C99H89Cl6N17O7. The summed E-state index contributed by atoms with van der Waals surface area (Å²) in [5.74, 6) is -0.141. The van der Waals surface area contributed by atoms with E-state index in [-0.39, 0.29) is 51.1 Å². The average molecular weight is 1840 g/mol. The normalized spacial score (nSPS) is 12.7. The lowest BCUT2D eigenvalue weighted by molar-refractivity contribution is 0.0913. The fraction of sp³-hybridized carbons (Fsp3) is 0.152. The molecule has 14 aromatic rings. The van der Waals surface area contributed by atoms with E-state index in [4.69, 9.17) is 69.6 Å². The maximum Gasteiger partial charge on any atom is 0.257 e. The molecule has 30 heteroatoms. The summed E-state index contributed by atoms with van der Waals surface area (Å²) >= 11 is 38.0. The summed E-state index contributed by atoms with van der Waals surface area (Å²) < 4.78 is 0. The van der Waals surface area contributed by atoms with Gasteiger partial charge < -0.3 is 62.3 Å². The van der Waals surface area contributed by atoms with Crippen molar-refractivity contribution >= 4 is 145 Å². The van der Waals surface area contributed by atoms with E-state index in [1.54, 1.807) is 110 Å². The fourth-order valence-electron chi connectivity index (χ4n) is 13.7. The standard InChI is InChI=1S/C27H22Cl2N4O2.C27H21Cl2N3O3.C23H24ClN5O.C22H22ClN5O/c28-23-12-10-20(17-22(23)25-8-4-5-13-31-25)33-27(35)21-11-9-18(16-24(21)29)26(34)32-15-14-30-19-6-2-1-3-7-19;28-22-12-10-19(15-21(22)24-8-4-5-13-30-24)31-27(35)20-11-9-18(14-23(20)29)26(34)32-25(16-33)17-6-2-1-3-7-17;1-28-11-4-12-29(14-13-28)22-9-6-17(16-26-22)23(30)27-18-7-8-20(24)19(15-18)21-5-2-3-10-25-21;23-19-7-6-17(14-18(19)20-4-1-2-10-25-20)27-22(29)16-5-8-21(26-15-16)28-12-3-9-24-11-13-28/h1-13,16-17,30H,14-15H2,(H,32,34)(H,33,35);1-15,25,33H,16H2,(H,31,35)(H,32,34);2-3,5-10,15-16H,4,11-14H2,1H3,(H,27,30);1-2,4-8,10,14-15,24H,3,9,11-13H2,(H,27,29)/t;25-;;/m.1../s1. The first-order valence-electron chi connectivity index (χ1n) is 41.3. The summed E-state index contributed by atoms with van der Waals surface area (Å²) in [7, 11) is 2.14. The van der Waals surface area contributed by atoms with Crippen LogP contribution in [-0.4, -0.2) is 154 Å². The predicted molar refractivity (Wildman–Crippen MR) is 517 cm³/mol. The monoisotopic (exact) mass is 1840 g/mol. The number of carbonyl (C=O) groups excluding carboxylic acids is 6.